The van der Waals surface area contributed by atoms with Crippen molar-refractivity contribution in [2.45, 2.75) is 6.10 Å². The molecule has 0 saturated carbocycles. The molecule has 4 nitrogen and oxygen atoms in total. The van der Waals surface area contributed by atoms with Gasteiger partial charge in [0, 0.05) is 10.7 Å². The molecule has 1 aromatic rings. The number of cyclic esters (lactones) is 1. The Morgan fingerprint density at radius 3 is 3.00 bits per heavy atom. The normalized spacial score (nSPS) is 21.0. The minimum atomic E-state index is -0.380. The number of hydrogen-bond donors (Lipinski definition) is 1. The second-order valence-electron chi connectivity index (χ2n) is 2.68. The van der Waals surface area contributed by atoms with E-state index in [1.807, 2.05) is 12.1 Å². The van der Waals surface area contributed by atoms with Crippen LogP contribution in [0.5, 0.6) is 0 Å². The zero-order valence-corrected chi connectivity index (χ0v) is 8.24. The van der Waals surface area contributed by atoms with E-state index in [1.165, 1.54) is 0 Å². The summed E-state index contributed by atoms with van der Waals surface area (Å²) in [6.45, 7) is 0.494. The van der Waals surface area contributed by atoms with Gasteiger partial charge in [-0.3, -0.25) is 4.98 Å². The molecule has 0 unspecified atom stereocenters. The number of carbonyl (C=O) groups is 1. The molecule has 1 amide bonds. The second kappa shape index (κ2) is 3.33. The molecule has 1 fully saturated rings. The third-order valence-electron chi connectivity index (χ3n) is 1.76. The van der Waals surface area contributed by atoms with Crippen molar-refractivity contribution in [1.82, 2.24) is 10.3 Å². The zero-order valence-electron chi connectivity index (χ0n) is 6.66. The van der Waals surface area contributed by atoms with Gasteiger partial charge in [-0.25, -0.2) is 4.79 Å². The van der Waals surface area contributed by atoms with E-state index in [9.17, 15) is 4.79 Å². The fraction of sp³-hybridized carbons (Fsp3) is 0.250. The minimum absolute atomic E-state index is 0.249. The van der Waals surface area contributed by atoms with E-state index in [0.29, 0.717) is 6.54 Å². The lowest BCUT2D eigenvalue weighted by Crippen LogP contribution is -2.12. The molecule has 2 rings (SSSR count). The summed E-state index contributed by atoms with van der Waals surface area (Å²) in [5.41, 5.74) is 0.765. The highest BCUT2D eigenvalue weighted by Crippen LogP contribution is 2.19. The van der Waals surface area contributed by atoms with Gasteiger partial charge in [0.2, 0.25) is 0 Å². The Morgan fingerprint density at radius 1 is 1.62 bits per heavy atom. The van der Waals surface area contributed by atoms with Crippen molar-refractivity contribution in [1.29, 1.82) is 0 Å². The molecule has 1 aliphatic heterocycles. The number of aromatic nitrogens is 1. The van der Waals surface area contributed by atoms with Crippen molar-refractivity contribution in [2.75, 3.05) is 6.54 Å². The predicted molar refractivity (Wildman–Crippen MR) is 49.2 cm³/mol. The van der Waals surface area contributed by atoms with Gasteiger partial charge < -0.3 is 10.1 Å². The first kappa shape index (κ1) is 8.50. The van der Waals surface area contributed by atoms with Gasteiger partial charge in [0.1, 0.15) is 0 Å². The van der Waals surface area contributed by atoms with E-state index in [0.717, 1.165) is 10.2 Å². The molecule has 5 heteroatoms. The van der Waals surface area contributed by atoms with Gasteiger partial charge in [-0.1, -0.05) is 0 Å². The van der Waals surface area contributed by atoms with E-state index in [-0.39, 0.29) is 12.2 Å². The van der Waals surface area contributed by atoms with Gasteiger partial charge in [0.25, 0.3) is 0 Å². The number of ether oxygens (including phenoxy) is 1. The van der Waals surface area contributed by atoms with Crippen LogP contribution in [0.25, 0.3) is 0 Å². The smallest absolute Gasteiger partial charge is 0.408 e. The van der Waals surface area contributed by atoms with Gasteiger partial charge in [-0.05, 0) is 28.1 Å². The monoisotopic (exact) mass is 242 g/mol. The number of amides is 1. The third-order valence-corrected chi connectivity index (χ3v) is 2.23. The Hall–Kier alpha value is -1.10. The molecule has 1 aromatic heterocycles. The number of halogens is 1. The maximum atomic E-state index is 10.7. The standard InChI is InChI=1S/C8H7BrN2O2/c9-5-1-2-6(10-3-5)7-4-11-8(12)13-7/h1-3,7H,4H2,(H,11,12)/t7-/m0/s1. The average Bonchev–Trinajstić information content (AvgIpc) is 2.53. The largest absolute Gasteiger partial charge is 0.438 e. The van der Waals surface area contributed by atoms with Crippen molar-refractivity contribution in [3.63, 3.8) is 0 Å². The van der Waals surface area contributed by atoms with Crippen molar-refractivity contribution in [3.8, 4) is 0 Å². The molecule has 68 valence electrons. The van der Waals surface area contributed by atoms with Crippen molar-refractivity contribution < 1.29 is 9.53 Å². The molecule has 1 atom stereocenters. The van der Waals surface area contributed by atoms with Crippen LogP contribution in [0.15, 0.2) is 22.8 Å². The fourth-order valence-electron chi connectivity index (χ4n) is 1.13. The molecule has 0 spiro atoms. The molecule has 1 aliphatic rings. The third kappa shape index (κ3) is 1.80. The van der Waals surface area contributed by atoms with Crippen LogP contribution in [0.3, 0.4) is 0 Å². The van der Waals surface area contributed by atoms with E-state index in [2.05, 4.69) is 26.2 Å². The van der Waals surface area contributed by atoms with Crippen molar-refractivity contribution in [2.24, 2.45) is 0 Å². The van der Waals surface area contributed by atoms with Crippen LogP contribution in [0, 0.1) is 0 Å². The van der Waals surface area contributed by atoms with Gasteiger partial charge in [-0.2, -0.15) is 0 Å². The fourth-order valence-corrected chi connectivity index (χ4v) is 1.37. The lowest BCUT2D eigenvalue weighted by atomic mass is 10.2. The Morgan fingerprint density at radius 2 is 2.46 bits per heavy atom. The molecule has 0 aliphatic carbocycles. The van der Waals surface area contributed by atoms with Crippen LogP contribution in [0.4, 0.5) is 4.79 Å². The Balaban J connectivity index is 2.17. The number of rotatable bonds is 1. The van der Waals surface area contributed by atoms with Crippen LogP contribution >= 0.6 is 15.9 Å². The lowest BCUT2D eigenvalue weighted by molar-refractivity contribution is 0.139. The summed E-state index contributed by atoms with van der Waals surface area (Å²) in [7, 11) is 0. The summed E-state index contributed by atoms with van der Waals surface area (Å²) in [6.07, 6.45) is 1.05. The van der Waals surface area contributed by atoms with E-state index >= 15 is 0 Å². The highest BCUT2D eigenvalue weighted by atomic mass is 79.9. The molecule has 13 heavy (non-hydrogen) atoms. The summed E-state index contributed by atoms with van der Waals surface area (Å²) >= 11 is 3.28. The number of nitrogens with one attached hydrogen (secondary N) is 1. The number of nitrogens with zero attached hydrogens (tertiary/aromatic N) is 1. The number of carbonyl (C=O) groups excluding carboxylic acids is 1. The van der Waals surface area contributed by atoms with Crippen molar-refractivity contribution >= 4 is 22.0 Å². The molecule has 0 bridgehead atoms. The van der Waals surface area contributed by atoms with Crippen LogP contribution in [0.2, 0.25) is 0 Å². The molecule has 1 N–H and O–H groups in total. The maximum absolute atomic E-state index is 10.7. The zero-order chi connectivity index (χ0) is 9.26. The van der Waals surface area contributed by atoms with Gasteiger partial charge >= 0.3 is 6.09 Å². The maximum Gasteiger partial charge on any atom is 0.408 e. The van der Waals surface area contributed by atoms with Gasteiger partial charge in [0.15, 0.2) is 6.10 Å². The SMILES string of the molecule is O=C1NC[C@@H](c2ccc(Br)cn2)O1. The minimum Gasteiger partial charge on any atom is -0.438 e. The summed E-state index contributed by atoms with van der Waals surface area (Å²) < 4.78 is 5.87. The van der Waals surface area contributed by atoms with E-state index < -0.39 is 0 Å². The van der Waals surface area contributed by atoms with E-state index in [1.54, 1.807) is 6.20 Å². The topological polar surface area (TPSA) is 51.2 Å². The Bertz CT molecular complexity index is 325. The van der Waals surface area contributed by atoms with Crippen LogP contribution in [-0.4, -0.2) is 17.6 Å². The second-order valence-corrected chi connectivity index (χ2v) is 3.59. The van der Waals surface area contributed by atoms with Crippen LogP contribution < -0.4 is 5.32 Å². The quantitative estimate of drug-likeness (QED) is 0.815. The van der Waals surface area contributed by atoms with Gasteiger partial charge in [0.05, 0.1) is 12.2 Å². The molecule has 1 saturated heterocycles. The summed E-state index contributed by atoms with van der Waals surface area (Å²) in [4.78, 5) is 14.9. The number of pyridine rings is 1. The molecular formula is C8H7BrN2O2. The van der Waals surface area contributed by atoms with Crippen molar-refractivity contribution in [3.05, 3.63) is 28.5 Å². The predicted octanol–water partition coefficient (Wildman–Crippen LogP) is 1.62. The van der Waals surface area contributed by atoms with Gasteiger partial charge in [-0.15, -0.1) is 0 Å². The number of hydrogen-bond acceptors (Lipinski definition) is 3. The first-order chi connectivity index (χ1) is 6.25. The number of alkyl carbamates (subject to hydrolysis) is 1. The molecule has 2 heterocycles. The summed E-state index contributed by atoms with van der Waals surface area (Å²) in [6, 6.07) is 3.70. The first-order valence-corrected chi connectivity index (χ1v) is 4.61. The first-order valence-electron chi connectivity index (χ1n) is 3.81. The molecular weight excluding hydrogens is 236 g/mol. The molecule has 0 aromatic carbocycles. The highest BCUT2D eigenvalue weighted by molar-refractivity contribution is 9.10. The summed E-state index contributed by atoms with van der Waals surface area (Å²) in [5.74, 6) is 0. The average molecular weight is 243 g/mol. The molecule has 0 radical (unpaired) electrons. The Labute approximate surface area is 83.4 Å². The van der Waals surface area contributed by atoms with Crippen LogP contribution in [0.1, 0.15) is 11.8 Å². The van der Waals surface area contributed by atoms with Crippen LogP contribution in [-0.2, 0) is 4.74 Å². The highest BCUT2D eigenvalue weighted by Gasteiger charge is 2.24. The lowest BCUT2D eigenvalue weighted by Gasteiger charge is -2.05. The Kier molecular flexibility index (Phi) is 2.18. The van der Waals surface area contributed by atoms with E-state index in [4.69, 9.17) is 4.74 Å². The summed E-state index contributed by atoms with van der Waals surface area (Å²) in [5, 5.41) is 2.57.